The molecule has 2 rings (SSSR count). The van der Waals surface area contributed by atoms with Gasteiger partial charge in [0.2, 0.25) is 0 Å². The molecule has 1 atom stereocenters. The fraction of sp³-hybridized carbons (Fsp3) is 0.625. The number of aromatic nitrogens is 2. The lowest BCUT2D eigenvalue weighted by Gasteiger charge is -2.21. The van der Waals surface area contributed by atoms with E-state index in [1.165, 1.54) is 0 Å². The minimum atomic E-state index is 0.104. The van der Waals surface area contributed by atoms with Crippen molar-refractivity contribution in [1.82, 2.24) is 15.3 Å². The lowest BCUT2D eigenvalue weighted by molar-refractivity contribution is 0.0226. The standard InChI is InChI=1S/C8H13N3O/c1-6-4-10-8(11-6)7-5-9-2-3-12-7/h4,7,9H,2-3,5H2,1H3,(H,10,11)/t7-/m1/s1. The summed E-state index contributed by atoms with van der Waals surface area (Å²) < 4.78 is 5.52. The van der Waals surface area contributed by atoms with Crippen molar-refractivity contribution in [3.63, 3.8) is 0 Å². The van der Waals surface area contributed by atoms with Crippen molar-refractivity contribution in [3.8, 4) is 0 Å². The Kier molecular flexibility index (Phi) is 2.10. The van der Waals surface area contributed by atoms with E-state index in [1.54, 1.807) is 0 Å². The summed E-state index contributed by atoms with van der Waals surface area (Å²) in [5.41, 5.74) is 1.08. The first-order chi connectivity index (χ1) is 5.86. The molecule has 1 saturated heterocycles. The summed E-state index contributed by atoms with van der Waals surface area (Å²) in [6.45, 7) is 4.56. The van der Waals surface area contributed by atoms with Gasteiger partial charge in [-0.2, -0.15) is 0 Å². The van der Waals surface area contributed by atoms with Crippen LogP contribution in [0.4, 0.5) is 0 Å². The molecule has 66 valence electrons. The molecule has 1 aliphatic heterocycles. The number of hydrogen-bond donors (Lipinski definition) is 2. The van der Waals surface area contributed by atoms with E-state index in [-0.39, 0.29) is 6.10 Å². The predicted molar refractivity (Wildman–Crippen MR) is 44.9 cm³/mol. The third kappa shape index (κ3) is 1.49. The number of aryl methyl sites for hydroxylation is 1. The molecule has 0 aromatic carbocycles. The molecular weight excluding hydrogens is 154 g/mol. The first-order valence-electron chi connectivity index (χ1n) is 4.20. The molecule has 2 heterocycles. The van der Waals surface area contributed by atoms with Gasteiger partial charge in [-0.25, -0.2) is 4.98 Å². The van der Waals surface area contributed by atoms with Gasteiger partial charge in [0, 0.05) is 25.0 Å². The molecular formula is C8H13N3O. The molecule has 4 nitrogen and oxygen atoms in total. The van der Waals surface area contributed by atoms with Crippen molar-refractivity contribution < 1.29 is 4.74 Å². The molecule has 1 aliphatic rings. The van der Waals surface area contributed by atoms with Gasteiger partial charge in [0.15, 0.2) is 0 Å². The number of hydrogen-bond acceptors (Lipinski definition) is 3. The smallest absolute Gasteiger partial charge is 0.136 e. The van der Waals surface area contributed by atoms with Gasteiger partial charge in [0.05, 0.1) is 6.61 Å². The van der Waals surface area contributed by atoms with E-state index in [0.29, 0.717) is 0 Å². The molecule has 1 aromatic heterocycles. The van der Waals surface area contributed by atoms with Crippen molar-refractivity contribution in [1.29, 1.82) is 0 Å². The third-order valence-corrected chi connectivity index (χ3v) is 1.96. The maximum atomic E-state index is 5.52. The summed E-state index contributed by atoms with van der Waals surface area (Å²) in [6.07, 6.45) is 1.93. The lowest BCUT2D eigenvalue weighted by Crippen LogP contribution is -2.33. The highest BCUT2D eigenvalue weighted by atomic mass is 16.5. The normalized spacial score (nSPS) is 24.2. The number of imidazole rings is 1. The number of rotatable bonds is 1. The zero-order chi connectivity index (χ0) is 8.39. The molecule has 0 amide bonds. The van der Waals surface area contributed by atoms with E-state index >= 15 is 0 Å². The highest BCUT2D eigenvalue weighted by Crippen LogP contribution is 2.14. The van der Waals surface area contributed by atoms with E-state index in [4.69, 9.17) is 4.74 Å². The Morgan fingerprint density at radius 2 is 2.58 bits per heavy atom. The summed E-state index contributed by atoms with van der Waals surface area (Å²) in [6, 6.07) is 0. The summed E-state index contributed by atoms with van der Waals surface area (Å²) in [7, 11) is 0. The molecule has 0 unspecified atom stereocenters. The van der Waals surface area contributed by atoms with E-state index in [2.05, 4.69) is 15.3 Å². The van der Waals surface area contributed by atoms with Crippen LogP contribution in [0, 0.1) is 6.92 Å². The van der Waals surface area contributed by atoms with Gasteiger partial charge >= 0.3 is 0 Å². The van der Waals surface area contributed by atoms with Crippen molar-refractivity contribution in [2.45, 2.75) is 13.0 Å². The molecule has 0 radical (unpaired) electrons. The fourth-order valence-electron chi connectivity index (χ4n) is 1.34. The van der Waals surface area contributed by atoms with Crippen LogP contribution < -0.4 is 5.32 Å². The number of ether oxygens (including phenoxy) is 1. The number of H-pyrrole nitrogens is 1. The minimum absolute atomic E-state index is 0.104. The molecule has 0 saturated carbocycles. The Morgan fingerprint density at radius 3 is 3.17 bits per heavy atom. The van der Waals surface area contributed by atoms with Gasteiger partial charge in [-0.1, -0.05) is 0 Å². The topological polar surface area (TPSA) is 49.9 Å². The van der Waals surface area contributed by atoms with Crippen LogP contribution >= 0.6 is 0 Å². The van der Waals surface area contributed by atoms with Gasteiger partial charge in [-0.15, -0.1) is 0 Å². The van der Waals surface area contributed by atoms with Crippen molar-refractivity contribution in [2.24, 2.45) is 0 Å². The van der Waals surface area contributed by atoms with Gasteiger partial charge in [-0.05, 0) is 6.92 Å². The Bertz CT molecular complexity index is 253. The Labute approximate surface area is 71.3 Å². The third-order valence-electron chi connectivity index (χ3n) is 1.96. The highest BCUT2D eigenvalue weighted by molar-refractivity contribution is 5.02. The van der Waals surface area contributed by atoms with Crippen molar-refractivity contribution in [3.05, 3.63) is 17.7 Å². The molecule has 0 bridgehead atoms. The second-order valence-electron chi connectivity index (χ2n) is 3.02. The Balaban J connectivity index is 2.08. The van der Waals surface area contributed by atoms with Crippen LogP contribution in [0.5, 0.6) is 0 Å². The molecule has 0 spiro atoms. The van der Waals surface area contributed by atoms with Crippen LogP contribution in [0.2, 0.25) is 0 Å². The largest absolute Gasteiger partial charge is 0.368 e. The zero-order valence-corrected chi connectivity index (χ0v) is 7.13. The SMILES string of the molecule is Cc1cnc([C@H]2CNCCO2)[nH]1. The van der Waals surface area contributed by atoms with E-state index < -0.39 is 0 Å². The van der Waals surface area contributed by atoms with Gasteiger partial charge in [0.25, 0.3) is 0 Å². The minimum Gasteiger partial charge on any atom is -0.368 e. The molecule has 2 N–H and O–H groups in total. The predicted octanol–water partition coefficient (Wildman–Crippen LogP) is 0.379. The van der Waals surface area contributed by atoms with E-state index in [0.717, 1.165) is 31.2 Å². The van der Waals surface area contributed by atoms with Crippen LogP contribution in [0.1, 0.15) is 17.6 Å². The van der Waals surface area contributed by atoms with Crippen LogP contribution in [0.3, 0.4) is 0 Å². The molecule has 0 aliphatic carbocycles. The first kappa shape index (κ1) is 7.76. The van der Waals surface area contributed by atoms with Crippen molar-refractivity contribution in [2.75, 3.05) is 19.7 Å². The van der Waals surface area contributed by atoms with Gasteiger partial charge in [-0.3, -0.25) is 0 Å². The first-order valence-corrected chi connectivity index (χ1v) is 4.20. The Hall–Kier alpha value is -0.870. The van der Waals surface area contributed by atoms with Crippen molar-refractivity contribution >= 4 is 0 Å². The lowest BCUT2D eigenvalue weighted by atomic mass is 10.3. The number of nitrogens with zero attached hydrogens (tertiary/aromatic N) is 1. The zero-order valence-electron chi connectivity index (χ0n) is 7.13. The molecule has 1 aromatic rings. The average molecular weight is 167 g/mol. The van der Waals surface area contributed by atoms with Gasteiger partial charge < -0.3 is 15.0 Å². The molecule has 4 heteroatoms. The van der Waals surface area contributed by atoms with E-state index in [9.17, 15) is 0 Å². The molecule has 12 heavy (non-hydrogen) atoms. The van der Waals surface area contributed by atoms with Crippen LogP contribution in [0.25, 0.3) is 0 Å². The second kappa shape index (κ2) is 3.25. The Morgan fingerprint density at radius 1 is 1.67 bits per heavy atom. The maximum absolute atomic E-state index is 5.52. The fourth-order valence-corrected chi connectivity index (χ4v) is 1.34. The molecule has 1 fully saturated rings. The van der Waals surface area contributed by atoms with Crippen LogP contribution in [0.15, 0.2) is 6.20 Å². The number of morpholine rings is 1. The number of aromatic amines is 1. The summed E-state index contributed by atoms with van der Waals surface area (Å²) in [5, 5.41) is 3.26. The second-order valence-corrected chi connectivity index (χ2v) is 3.02. The monoisotopic (exact) mass is 167 g/mol. The maximum Gasteiger partial charge on any atom is 0.136 e. The van der Waals surface area contributed by atoms with Gasteiger partial charge in [0.1, 0.15) is 11.9 Å². The van der Waals surface area contributed by atoms with Crippen LogP contribution in [-0.2, 0) is 4.74 Å². The van der Waals surface area contributed by atoms with Crippen LogP contribution in [-0.4, -0.2) is 29.7 Å². The summed E-state index contributed by atoms with van der Waals surface area (Å²) in [5.74, 6) is 0.930. The quantitative estimate of drug-likeness (QED) is 0.635. The highest BCUT2D eigenvalue weighted by Gasteiger charge is 2.17. The van der Waals surface area contributed by atoms with E-state index in [1.807, 2.05) is 13.1 Å². The summed E-state index contributed by atoms with van der Waals surface area (Å²) in [4.78, 5) is 7.39. The summed E-state index contributed by atoms with van der Waals surface area (Å²) >= 11 is 0. The number of nitrogens with one attached hydrogen (secondary N) is 2. The average Bonchev–Trinajstić information content (AvgIpc) is 2.54.